The number of benzene rings is 2. The van der Waals surface area contributed by atoms with Gasteiger partial charge in [0.05, 0.1) is 35.7 Å². The Morgan fingerprint density at radius 2 is 1.00 bits per heavy atom. The van der Waals surface area contributed by atoms with Gasteiger partial charge in [-0.2, -0.15) is 0 Å². The summed E-state index contributed by atoms with van der Waals surface area (Å²) in [5.41, 5.74) is 7.01. The summed E-state index contributed by atoms with van der Waals surface area (Å²) in [6.07, 6.45) is 2.18. The number of carbonyl (C=O) groups is 2. The van der Waals surface area contributed by atoms with Gasteiger partial charge >= 0.3 is 0 Å². The molecular formula is C42H46Cl2N6O4. The summed E-state index contributed by atoms with van der Waals surface area (Å²) in [4.78, 5) is 42.1. The Bertz CT molecular complexity index is 1970. The molecule has 12 heteroatoms. The van der Waals surface area contributed by atoms with Crippen LogP contribution < -0.4 is 9.47 Å². The standard InChI is InChI=1S/C42H46Cl2N6O4/c1-27(51)49-23-41(24-49)15-17-47(21-41)19-29-11-13-35(45-39(29)53-3)33-9-5-7-31(37(33)43)32-8-6-10-34(38(32)44)36-14-12-30(40(46-36)54-4)20-48-18-16-42(22-48)25-50(26-42)28(2)52/h5-14H,15-26H2,1-4H3. The first-order valence-electron chi connectivity index (χ1n) is 18.6. The Labute approximate surface area is 327 Å². The molecule has 282 valence electrons. The minimum Gasteiger partial charge on any atom is -0.481 e. The Morgan fingerprint density at radius 3 is 1.37 bits per heavy atom. The summed E-state index contributed by atoms with van der Waals surface area (Å²) < 4.78 is 11.6. The van der Waals surface area contributed by atoms with Gasteiger partial charge < -0.3 is 19.3 Å². The van der Waals surface area contributed by atoms with Crippen LogP contribution in [0, 0.1) is 10.8 Å². The van der Waals surface area contributed by atoms with E-state index in [0.29, 0.717) is 33.2 Å². The summed E-state index contributed by atoms with van der Waals surface area (Å²) in [7, 11) is 3.30. The lowest BCUT2D eigenvalue weighted by Crippen LogP contribution is -2.58. The molecule has 54 heavy (non-hydrogen) atoms. The molecule has 8 rings (SSSR count). The molecule has 0 atom stereocenters. The summed E-state index contributed by atoms with van der Waals surface area (Å²) in [6, 6.07) is 19.9. The SMILES string of the molecule is COc1nc(-c2cccc(-c3cccc(-c4ccc(CN5CCC6(C5)CN(C(C)=O)C6)c(OC)n4)c3Cl)c2Cl)ccc1CN1CCC2(C1)CN(C(C)=O)C2. The average Bonchev–Trinajstić information content (AvgIpc) is 3.76. The van der Waals surface area contributed by atoms with E-state index in [-0.39, 0.29) is 22.6 Å². The Kier molecular flexibility index (Phi) is 9.83. The van der Waals surface area contributed by atoms with Crippen molar-refractivity contribution >= 4 is 35.0 Å². The number of nitrogens with zero attached hydrogens (tertiary/aromatic N) is 6. The highest BCUT2D eigenvalue weighted by atomic mass is 35.5. The molecule has 4 aromatic rings. The highest BCUT2D eigenvalue weighted by molar-refractivity contribution is 6.39. The molecule has 2 amide bonds. The van der Waals surface area contributed by atoms with Crippen LogP contribution in [0.5, 0.6) is 11.8 Å². The van der Waals surface area contributed by atoms with Gasteiger partial charge in [0.1, 0.15) is 0 Å². The van der Waals surface area contributed by atoms with Crippen LogP contribution in [0.2, 0.25) is 10.0 Å². The predicted octanol–water partition coefficient (Wildman–Crippen LogP) is 6.91. The fourth-order valence-electron chi connectivity index (χ4n) is 9.00. The van der Waals surface area contributed by atoms with Crippen molar-refractivity contribution in [3.8, 4) is 45.4 Å². The maximum atomic E-state index is 11.8. The van der Waals surface area contributed by atoms with E-state index in [1.54, 1.807) is 28.1 Å². The number of methoxy groups -OCH3 is 2. The molecule has 4 aliphatic rings. The maximum absolute atomic E-state index is 11.8. The van der Waals surface area contributed by atoms with Crippen LogP contribution in [0.1, 0.15) is 37.8 Å². The summed E-state index contributed by atoms with van der Waals surface area (Å²) >= 11 is 14.4. The average molecular weight is 770 g/mol. The first-order valence-corrected chi connectivity index (χ1v) is 19.4. The van der Waals surface area contributed by atoms with Crippen LogP contribution in [0.4, 0.5) is 0 Å². The van der Waals surface area contributed by atoms with E-state index in [1.807, 2.05) is 58.3 Å². The van der Waals surface area contributed by atoms with Crippen molar-refractivity contribution in [3.63, 3.8) is 0 Å². The first kappa shape index (κ1) is 36.7. The Morgan fingerprint density at radius 1 is 0.611 bits per heavy atom. The van der Waals surface area contributed by atoms with Crippen molar-refractivity contribution in [2.75, 3.05) is 66.6 Å². The fourth-order valence-corrected chi connectivity index (χ4v) is 9.65. The number of hydrogen-bond donors (Lipinski definition) is 0. The number of halogens is 2. The molecule has 0 saturated carbocycles. The number of rotatable bonds is 9. The first-order chi connectivity index (χ1) is 26.0. The van der Waals surface area contributed by atoms with Crippen LogP contribution in [0.25, 0.3) is 33.6 Å². The van der Waals surface area contributed by atoms with Gasteiger partial charge in [0.2, 0.25) is 23.6 Å². The largest absolute Gasteiger partial charge is 0.481 e. The van der Waals surface area contributed by atoms with Gasteiger partial charge in [0.15, 0.2) is 0 Å². The molecule has 2 aromatic carbocycles. The number of aromatic nitrogens is 2. The number of pyridine rings is 2. The third kappa shape index (κ3) is 6.82. The molecule has 0 radical (unpaired) electrons. The Balaban J connectivity index is 0.993. The topological polar surface area (TPSA) is 91.3 Å². The van der Waals surface area contributed by atoms with Gasteiger partial charge in [-0.15, -0.1) is 0 Å². The maximum Gasteiger partial charge on any atom is 0.219 e. The highest BCUT2D eigenvalue weighted by Crippen LogP contribution is 2.44. The molecular weight excluding hydrogens is 723 g/mol. The molecule has 10 nitrogen and oxygen atoms in total. The molecule has 0 unspecified atom stereocenters. The molecule has 4 aliphatic heterocycles. The second-order valence-corrected chi connectivity index (χ2v) is 16.5. The molecule has 0 bridgehead atoms. The van der Waals surface area contributed by atoms with Gasteiger partial charge in [-0.25, -0.2) is 9.97 Å². The molecule has 6 heterocycles. The number of amides is 2. The number of likely N-dealkylation sites (tertiary alicyclic amines) is 4. The lowest BCUT2D eigenvalue weighted by Gasteiger charge is -2.47. The fraction of sp³-hybridized carbons (Fsp3) is 0.429. The molecule has 4 saturated heterocycles. The van der Waals surface area contributed by atoms with Crippen molar-refractivity contribution in [1.82, 2.24) is 29.6 Å². The highest BCUT2D eigenvalue weighted by Gasteiger charge is 2.49. The van der Waals surface area contributed by atoms with E-state index >= 15 is 0 Å². The molecule has 2 aromatic heterocycles. The predicted molar refractivity (Wildman–Crippen MR) is 211 cm³/mol. The van der Waals surface area contributed by atoms with E-state index in [4.69, 9.17) is 42.6 Å². The normalized spacial score (nSPS) is 18.9. The lowest BCUT2D eigenvalue weighted by molar-refractivity contribution is -0.140. The van der Waals surface area contributed by atoms with Crippen LogP contribution in [-0.2, 0) is 22.7 Å². The quantitative estimate of drug-likeness (QED) is 0.182. The third-order valence-electron chi connectivity index (χ3n) is 11.9. The zero-order valence-electron chi connectivity index (χ0n) is 31.3. The second kappa shape index (κ2) is 14.5. The van der Waals surface area contributed by atoms with Crippen LogP contribution in [0.3, 0.4) is 0 Å². The number of carbonyl (C=O) groups excluding carboxylic acids is 2. The van der Waals surface area contributed by atoms with Gasteiger partial charge in [0.25, 0.3) is 0 Å². The molecule has 4 fully saturated rings. The zero-order valence-corrected chi connectivity index (χ0v) is 32.8. The van der Waals surface area contributed by atoms with Crippen LogP contribution >= 0.6 is 23.2 Å². The number of ether oxygens (including phenoxy) is 2. The summed E-state index contributed by atoms with van der Waals surface area (Å²) in [5.74, 6) is 1.46. The van der Waals surface area contributed by atoms with Crippen LogP contribution in [0.15, 0.2) is 60.7 Å². The lowest BCUT2D eigenvalue weighted by atomic mass is 9.79. The summed E-state index contributed by atoms with van der Waals surface area (Å²) in [5, 5.41) is 1.09. The molecule has 2 spiro atoms. The van der Waals surface area contributed by atoms with Crippen molar-refractivity contribution in [3.05, 3.63) is 81.8 Å². The molecule has 0 N–H and O–H groups in total. The van der Waals surface area contributed by atoms with E-state index in [2.05, 4.69) is 21.9 Å². The van der Waals surface area contributed by atoms with Crippen LogP contribution in [-0.4, -0.2) is 108 Å². The van der Waals surface area contributed by atoms with Gasteiger partial charge in [-0.3, -0.25) is 19.4 Å². The summed E-state index contributed by atoms with van der Waals surface area (Å²) in [6.45, 7) is 12.0. The minimum atomic E-state index is 0.155. The van der Waals surface area contributed by atoms with E-state index in [1.165, 1.54) is 0 Å². The third-order valence-corrected chi connectivity index (χ3v) is 12.7. The van der Waals surface area contributed by atoms with E-state index in [9.17, 15) is 9.59 Å². The van der Waals surface area contributed by atoms with Crippen molar-refractivity contribution in [2.45, 2.75) is 39.8 Å². The van der Waals surface area contributed by atoms with E-state index < -0.39 is 0 Å². The second-order valence-electron chi connectivity index (χ2n) is 15.7. The van der Waals surface area contributed by atoms with Gasteiger partial charge in [-0.1, -0.05) is 71.7 Å². The van der Waals surface area contributed by atoms with Crippen molar-refractivity contribution in [2.24, 2.45) is 10.8 Å². The van der Waals surface area contributed by atoms with Crippen molar-refractivity contribution < 1.29 is 19.1 Å². The minimum absolute atomic E-state index is 0.155. The Hall–Kier alpha value is -4.22. The van der Waals surface area contributed by atoms with Gasteiger partial charge in [0, 0.05) is 110 Å². The number of hydrogen-bond acceptors (Lipinski definition) is 8. The zero-order chi connectivity index (χ0) is 37.8. The smallest absolute Gasteiger partial charge is 0.219 e. The monoisotopic (exact) mass is 768 g/mol. The van der Waals surface area contributed by atoms with Gasteiger partial charge in [-0.05, 0) is 38.1 Å². The van der Waals surface area contributed by atoms with Crippen molar-refractivity contribution in [1.29, 1.82) is 0 Å². The van der Waals surface area contributed by atoms with E-state index in [0.717, 1.165) is 112 Å². The molecule has 0 aliphatic carbocycles.